The Morgan fingerprint density at radius 1 is 1.16 bits per heavy atom. The molecule has 2 aromatic rings. The average Bonchev–Trinajstić information content (AvgIpc) is 2.39. The Hall–Kier alpha value is -2.36. The molecule has 0 saturated carbocycles. The number of pyridine rings is 1. The zero-order valence-corrected chi connectivity index (χ0v) is 11.3. The van der Waals surface area contributed by atoms with Gasteiger partial charge in [-0.2, -0.15) is 0 Å². The molecule has 0 fully saturated rings. The SMILES string of the molecule is Cc1ccc(C)c(Oc2ncccc2C(=N)N)c1C. The van der Waals surface area contributed by atoms with Gasteiger partial charge in [-0.3, -0.25) is 5.41 Å². The van der Waals surface area contributed by atoms with E-state index in [1.165, 1.54) is 0 Å². The van der Waals surface area contributed by atoms with Gasteiger partial charge in [0.25, 0.3) is 0 Å². The highest BCUT2D eigenvalue weighted by molar-refractivity contribution is 5.97. The lowest BCUT2D eigenvalue weighted by atomic mass is 10.1. The number of ether oxygens (including phenoxy) is 1. The van der Waals surface area contributed by atoms with Crippen LogP contribution in [0.15, 0.2) is 30.5 Å². The number of hydrogen-bond donors (Lipinski definition) is 2. The summed E-state index contributed by atoms with van der Waals surface area (Å²) in [6.45, 7) is 6.03. The quantitative estimate of drug-likeness (QED) is 0.654. The van der Waals surface area contributed by atoms with Crippen molar-refractivity contribution >= 4 is 5.84 Å². The van der Waals surface area contributed by atoms with Crippen LogP contribution in [0.3, 0.4) is 0 Å². The first-order valence-corrected chi connectivity index (χ1v) is 6.04. The Kier molecular flexibility index (Phi) is 3.51. The zero-order chi connectivity index (χ0) is 14.0. The number of aromatic nitrogens is 1. The molecule has 19 heavy (non-hydrogen) atoms. The number of benzene rings is 1. The summed E-state index contributed by atoms with van der Waals surface area (Å²) in [6.07, 6.45) is 1.63. The summed E-state index contributed by atoms with van der Waals surface area (Å²) in [4.78, 5) is 4.16. The molecule has 0 bridgehead atoms. The van der Waals surface area contributed by atoms with Crippen LogP contribution in [-0.4, -0.2) is 10.8 Å². The smallest absolute Gasteiger partial charge is 0.230 e. The molecule has 0 spiro atoms. The Morgan fingerprint density at radius 3 is 2.53 bits per heavy atom. The molecule has 1 aromatic carbocycles. The molecule has 4 nitrogen and oxygen atoms in total. The highest BCUT2D eigenvalue weighted by Gasteiger charge is 2.12. The van der Waals surface area contributed by atoms with Crippen LogP contribution in [0.25, 0.3) is 0 Å². The van der Waals surface area contributed by atoms with Gasteiger partial charge in [-0.15, -0.1) is 0 Å². The van der Waals surface area contributed by atoms with E-state index in [4.69, 9.17) is 15.9 Å². The van der Waals surface area contributed by atoms with E-state index in [9.17, 15) is 0 Å². The summed E-state index contributed by atoms with van der Waals surface area (Å²) in [7, 11) is 0. The number of hydrogen-bond acceptors (Lipinski definition) is 3. The van der Waals surface area contributed by atoms with Crippen molar-refractivity contribution in [1.82, 2.24) is 4.98 Å². The van der Waals surface area contributed by atoms with Gasteiger partial charge in [-0.25, -0.2) is 4.98 Å². The fraction of sp³-hybridized carbons (Fsp3) is 0.200. The van der Waals surface area contributed by atoms with Crippen LogP contribution in [0.5, 0.6) is 11.6 Å². The maximum Gasteiger partial charge on any atom is 0.230 e. The number of nitrogen functional groups attached to an aromatic ring is 1. The monoisotopic (exact) mass is 255 g/mol. The van der Waals surface area contributed by atoms with E-state index in [1.807, 2.05) is 26.8 Å². The average molecular weight is 255 g/mol. The van der Waals surface area contributed by atoms with Gasteiger partial charge in [0.2, 0.25) is 5.88 Å². The second-order valence-electron chi connectivity index (χ2n) is 4.53. The molecule has 0 saturated heterocycles. The fourth-order valence-electron chi connectivity index (χ4n) is 1.86. The van der Waals surface area contributed by atoms with Gasteiger partial charge in [-0.1, -0.05) is 12.1 Å². The van der Waals surface area contributed by atoms with E-state index in [0.29, 0.717) is 11.4 Å². The molecule has 1 heterocycles. The normalized spacial score (nSPS) is 10.3. The molecule has 0 radical (unpaired) electrons. The second-order valence-corrected chi connectivity index (χ2v) is 4.53. The molecule has 2 rings (SSSR count). The van der Waals surface area contributed by atoms with E-state index in [0.717, 1.165) is 22.4 Å². The first-order chi connectivity index (χ1) is 9.00. The molecule has 98 valence electrons. The molecular weight excluding hydrogens is 238 g/mol. The highest BCUT2D eigenvalue weighted by atomic mass is 16.5. The van der Waals surface area contributed by atoms with E-state index in [-0.39, 0.29) is 5.84 Å². The summed E-state index contributed by atoms with van der Waals surface area (Å²) in [5.41, 5.74) is 9.29. The van der Waals surface area contributed by atoms with Crippen molar-refractivity contribution in [2.45, 2.75) is 20.8 Å². The van der Waals surface area contributed by atoms with Crippen molar-refractivity contribution in [3.05, 3.63) is 52.7 Å². The third kappa shape index (κ3) is 2.57. The third-order valence-electron chi connectivity index (χ3n) is 3.13. The predicted molar refractivity (Wildman–Crippen MR) is 76.0 cm³/mol. The molecule has 0 amide bonds. The predicted octanol–water partition coefficient (Wildman–Crippen LogP) is 3.08. The van der Waals surface area contributed by atoms with Crippen LogP contribution < -0.4 is 10.5 Å². The maximum absolute atomic E-state index is 7.55. The van der Waals surface area contributed by atoms with Crippen molar-refractivity contribution < 1.29 is 4.74 Å². The molecule has 0 unspecified atom stereocenters. The van der Waals surface area contributed by atoms with Gasteiger partial charge in [0.05, 0.1) is 5.56 Å². The van der Waals surface area contributed by atoms with Gasteiger partial charge in [0, 0.05) is 6.20 Å². The van der Waals surface area contributed by atoms with Gasteiger partial charge < -0.3 is 10.5 Å². The molecule has 0 aliphatic rings. The van der Waals surface area contributed by atoms with E-state index in [1.54, 1.807) is 18.3 Å². The van der Waals surface area contributed by atoms with Crippen molar-refractivity contribution in [2.75, 3.05) is 0 Å². The van der Waals surface area contributed by atoms with Gasteiger partial charge >= 0.3 is 0 Å². The van der Waals surface area contributed by atoms with E-state index < -0.39 is 0 Å². The van der Waals surface area contributed by atoms with E-state index in [2.05, 4.69) is 11.1 Å². The van der Waals surface area contributed by atoms with Gasteiger partial charge in [0.15, 0.2) is 0 Å². The molecule has 3 N–H and O–H groups in total. The molecule has 1 aromatic heterocycles. The first-order valence-electron chi connectivity index (χ1n) is 6.04. The number of aryl methyl sites for hydroxylation is 2. The second kappa shape index (κ2) is 5.10. The number of nitrogens with one attached hydrogen (secondary N) is 1. The van der Waals surface area contributed by atoms with Crippen LogP contribution in [0.2, 0.25) is 0 Å². The van der Waals surface area contributed by atoms with Gasteiger partial charge in [0.1, 0.15) is 11.6 Å². The summed E-state index contributed by atoms with van der Waals surface area (Å²) in [5.74, 6) is 1.10. The first kappa shape index (κ1) is 13.1. The lowest BCUT2D eigenvalue weighted by molar-refractivity contribution is 0.454. The van der Waals surface area contributed by atoms with Crippen LogP contribution in [-0.2, 0) is 0 Å². The number of nitrogens with two attached hydrogens (primary N) is 1. The van der Waals surface area contributed by atoms with Crippen LogP contribution in [0, 0.1) is 26.2 Å². The lowest BCUT2D eigenvalue weighted by Crippen LogP contribution is -2.13. The summed E-state index contributed by atoms with van der Waals surface area (Å²) >= 11 is 0. The molecular formula is C15H17N3O. The minimum Gasteiger partial charge on any atom is -0.438 e. The standard InChI is InChI=1S/C15H17N3O/c1-9-6-7-10(2)13(11(9)3)19-15-12(14(16)17)5-4-8-18-15/h4-8H,1-3H3,(H3,16,17). The molecule has 0 aliphatic carbocycles. The third-order valence-corrected chi connectivity index (χ3v) is 3.13. The van der Waals surface area contributed by atoms with Crippen molar-refractivity contribution in [3.8, 4) is 11.6 Å². The highest BCUT2D eigenvalue weighted by Crippen LogP contribution is 2.30. The molecule has 4 heteroatoms. The van der Waals surface area contributed by atoms with Crippen molar-refractivity contribution in [1.29, 1.82) is 5.41 Å². The molecule has 0 aliphatic heterocycles. The Balaban J connectivity index is 2.48. The van der Waals surface area contributed by atoms with E-state index >= 15 is 0 Å². The molecule has 0 atom stereocenters. The Bertz CT molecular complexity index is 635. The summed E-state index contributed by atoms with van der Waals surface area (Å²) in [5, 5.41) is 7.55. The number of amidine groups is 1. The van der Waals surface area contributed by atoms with Crippen molar-refractivity contribution in [2.24, 2.45) is 5.73 Å². The number of rotatable bonds is 3. The lowest BCUT2D eigenvalue weighted by Gasteiger charge is -2.14. The summed E-state index contributed by atoms with van der Waals surface area (Å²) in [6, 6.07) is 7.53. The minimum absolute atomic E-state index is 0.0499. The number of nitrogens with zero attached hydrogens (tertiary/aromatic N) is 1. The minimum atomic E-state index is -0.0499. The van der Waals surface area contributed by atoms with Crippen molar-refractivity contribution in [3.63, 3.8) is 0 Å². The Labute approximate surface area is 112 Å². The maximum atomic E-state index is 7.55. The largest absolute Gasteiger partial charge is 0.438 e. The Morgan fingerprint density at radius 2 is 1.84 bits per heavy atom. The van der Waals surface area contributed by atoms with Crippen LogP contribution in [0.4, 0.5) is 0 Å². The van der Waals surface area contributed by atoms with Gasteiger partial charge in [-0.05, 0) is 49.6 Å². The van der Waals surface area contributed by atoms with Crippen LogP contribution >= 0.6 is 0 Å². The van der Waals surface area contributed by atoms with Crippen LogP contribution in [0.1, 0.15) is 22.3 Å². The summed E-state index contributed by atoms with van der Waals surface area (Å²) < 4.78 is 5.88. The fourth-order valence-corrected chi connectivity index (χ4v) is 1.86. The topological polar surface area (TPSA) is 72.0 Å². The zero-order valence-electron chi connectivity index (χ0n) is 11.3.